The lowest BCUT2D eigenvalue weighted by molar-refractivity contribution is -0.138. The molecule has 0 unspecified atom stereocenters. The molecule has 6 heteroatoms. The number of piperidine rings is 1. The quantitative estimate of drug-likeness (QED) is 0.928. The summed E-state index contributed by atoms with van der Waals surface area (Å²) >= 11 is 7.41. The summed E-state index contributed by atoms with van der Waals surface area (Å²) in [5.74, 6) is -0.0332. The molecule has 112 valence electrons. The molecule has 0 bridgehead atoms. The van der Waals surface area contributed by atoms with Crippen LogP contribution >= 0.6 is 22.9 Å². The van der Waals surface area contributed by atoms with Crippen molar-refractivity contribution in [2.75, 3.05) is 20.2 Å². The third-order valence-corrected chi connectivity index (χ3v) is 5.36. The normalized spacial score (nSPS) is 24.7. The van der Waals surface area contributed by atoms with Crippen molar-refractivity contribution >= 4 is 28.8 Å². The predicted octanol–water partition coefficient (Wildman–Crippen LogP) is 2.47. The summed E-state index contributed by atoms with van der Waals surface area (Å²) < 4.78 is 6.11. The molecule has 1 aliphatic heterocycles. The number of amides is 1. The van der Waals surface area contributed by atoms with Crippen molar-refractivity contribution in [3.05, 3.63) is 21.3 Å². The van der Waals surface area contributed by atoms with Crippen LogP contribution in [0.2, 0.25) is 4.34 Å². The second-order valence-corrected chi connectivity index (χ2v) is 6.91. The number of methoxy groups -OCH3 is 1. The minimum absolute atomic E-state index is 0.0686. The Hall–Kier alpha value is -0.620. The lowest BCUT2D eigenvalue weighted by atomic mass is 9.97. The van der Waals surface area contributed by atoms with Crippen LogP contribution in [0.25, 0.3) is 0 Å². The molecule has 2 heterocycles. The predicted molar refractivity (Wildman–Crippen MR) is 82.3 cm³/mol. The summed E-state index contributed by atoms with van der Waals surface area (Å²) in [4.78, 5) is 15.6. The first-order valence-electron chi connectivity index (χ1n) is 6.85. The van der Waals surface area contributed by atoms with E-state index in [2.05, 4.69) is 0 Å². The fourth-order valence-corrected chi connectivity index (χ4v) is 3.78. The highest BCUT2D eigenvalue weighted by Crippen LogP contribution is 2.31. The number of nitrogens with zero attached hydrogens (tertiary/aromatic N) is 1. The lowest BCUT2D eigenvalue weighted by Gasteiger charge is -2.39. The van der Waals surface area contributed by atoms with Crippen LogP contribution in [0.5, 0.6) is 0 Å². The lowest BCUT2D eigenvalue weighted by Crippen LogP contribution is -2.52. The van der Waals surface area contributed by atoms with Gasteiger partial charge < -0.3 is 15.4 Å². The molecule has 1 fully saturated rings. The van der Waals surface area contributed by atoms with Crippen LogP contribution < -0.4 is 5.73 Å². The maximum Gasteiger partial charge on any atom is 0.230 e. The molecule has 1 aliphatic rings. The molecule has 0 spiro atoms. The van der Waals surface area contributed by atoms with Gasteiger partial charge in [-0.05, 0) is 31.9 Å². The number of nitrogens with two attached hydrogens (primary N) is 1. The van der Waals surface area contributed by atoms with E-state index < -0.39 is 0 Å². The Labute approximate surface area is 128 Å². The second-order valence-electron chi connectivity index (χ2n) is 5.17. The average molecular weight is 317 g/mol. The molecule has 0 radical (unpaired) electrons. The summed E-state index contributed by atoms with van der Waals surface area (Å²) in [6.07, 6.45) is 1.90. The zero-order valence-electron chi connectivity index (χ0n) is 11.8. The van der Waals surface area contributed by atoms with Crippen LogP contribution in [0.4, 0.5) is 0 Å². The summed E-state index contributed by atoms with van der Waals surface area (Å²) in [5, 5.41) is 0. The summed E-state index contributed by atoms with van der Waals surface area (Å²) in [6, 6.07) is 3.83. The van der Waals surface area contributed by atoms with E-state index in [9.17, 15) is 4.79 Å². The zero-order chi connectivity index (χ0) is 14.7. The van der Waals surface area contributed by atoms with Gasteiger partial charge in [-0.25, -0.2) is 0 Å². The van der Waals surface area contributed by atoms with Crippen LogP contribution in [-0.2, 0) is 9.53 Å². The van der Waals surface area contributed by atoms with E-state index in [-0.39, 0.29) is 24.0 Å². The maximum absolute atomic E-state index is 12.7. The number of carbonyl (C=O) groups excluding carboxylic acids is 1. The molecular weight excluding hydrogens is 296 g/mol. The summed E-state index contributed by atoms with van der Waals surface area (Å²) in [7, 11) is 1.71. The van der Waals surface area contributed by atoms with E-state index in [4.69, 9.17) is 22.1 Å². The van der Waals surface area contributed by atoms with Crippen molar-refractivity contribution in [1.29, 1.82) is 0 Å². The fraction of sp³-hybridized carbons (Fsp3) is 0.643. The third kappa shape index (κ3) is 3.34. The van der Waals surface area contributed by atoms with Gasteiger partial charge in [-0.2, -0.15) is 0 Å². The van der Waals surface area contributed by atoms with Gasteiger partial charge in [0.2, 0.25) is 5.91 Å². The Morgan fingerprint density at radius 3 is 2.95 bits per heavy atom. The molecule has 2 rings (SSSR count). The van der Waals surface area contributed by atoms with E-state index in [1.807, 2.05) is 24.0 Å². The standard InChI is InChI=1S/C14H21ClN2O2S/c1-9(12-3-4-13(15)20-12)14(18)17-6-5-11(19-2)7-10(17)8-16/h3-4,9-11H,5-8,16H2,1-2H3/t9-,10-,11-/m1/s1. The number of hydrogen-bond donors (Lipinski definition) is 1. The molecule has 2 N–H and O–H groups in total. The van der Waals surface area contributed by atoms with Gasteiger partial charge in [0.15, 0.2) is 0 Å². The largest absolute Gasteiger partial charge is 0.381 e. The van der Waals surface area contributed by atoms with Crippen LogP contribution in [0.1, 0.15) is 30.6 Å². The van der Waals surface area contributed by atoms with Gasteiger partial charge in [-0.1, -0.05) is 11.6 Å². The number of thiophene rings is 1. The van der Waals surface area contributed by atoms with Gasteiger partial charge in [0.1, 0.15) is 0 Å². The smallest absolute Gasteiger partial charge is 0.230 e. The highest BCUT2D eigenvalue weighted by molar-refractivity contribution is 7.16. The molecule has 0 aliphatic carbocycles. The SMILES string of the molecule is CO[C@@H]1CCN(C(=O)[C@H](C)c2ccc(Cl)s2)[C@@H](CN)C1. The van der Waals surface area contributed by atoms with Crippen LogP contribution in [0.3, 0.4) is 0 Å². The number of hydrogen-bond acceptors (Lipinski definition) is 4. The van der Waals surface area contributed by atoms with Gasteiger partial charge >= 0.3 is 0 Å². The molecule has 4 nitrogen and oxygen atoms in total. The molecule has 1 aromatic heterocycles. The van der Waals surface area contributed by atoms with Crippen molar-refractivity contribution < 1.29 is 9.53 Å². The van der Waals surface area contributed by atoms with Crippen LogP contribution in [0, 0.1) is 0 Å². The zero-order valence-corrected chi connectivity index (χ0v) is 13.4. The minimum Gasteiger partial charge on any atom is -0.381 e. The first-order chi connectivity index (χ1) is 9.56. The Balaban J connectivity index is 2.07. The first kappa shape index (κ1) is 15.8. The average Bonchev–Trinajstić information content (AvgIpc) is 2.91. The van der Waals surface area contributed by atoms with Gasteiger partial charge in [0.05, 0.1) is 16.4 Å². The maximum atomic E-state index is 12.7. The number of rotatable bonds is 4. The van der Waals surface area contributed by atoms with Gasteiger partial charge in [0, 0.05) is 31.1 Å². The van der Waals surface area contributed by atoms with E-state index >= 15 is 0 Å². The van der Waals surface area contributed by atoms with E-state index in [1.165, 1.54) is 11.3 Å². The molecule has 1 aromatic rings. The van der Waals surface area contributed by atoms with E-state index in [0.29, 0.717) is 17.4 Å². The van der Waals surface area contributed by atoms with Crippen molar-refractivity contribution in [2.45, 2.75) is 37.8 Å². The number of halogens is 1. The molecule has 0 aromatic carbocycles. The van der Waals surface area contributed by atoms with Gasteiger partial charge in [0.25, 0.3) is 0 Å². The van der Waals surface area contributed by atoms with Crippen LogP contribution in [0.15, 0.2) is 12.1 Å². The monoisotopic (exact) mass is 316 g/mol. The van der Waals surface area contributed by atoms with Crippen molar-refractivity contribution in [2.24, 2.45) is 5.73 Å². The fourth-order valence-electron chi connectivity index (χ4n) is 2.67. The number of likely N-dealkylation sites (tertiary alicyclic amines) is 1. The van der Waals surface area contributed by atoms with Crippen LogP contribution in [-0.4, -0.2) is 43.2 Å². The van der Waals surface area contributed by atoms with Crippen molar-refractivity contribution in [3.8, 4) is 0 Å². The Bertz CT molecular complexity index is 466. The van der Waals surface area contributed by atoms with Gasteiger partial charge in [-0.3, -0.25) is 4.79 Å². The van der Waals surface area contributed by atoms with E-state index in [1.54, 1.807) is 7.11 Å². The first-order valence-corrected chi connectivity index (χ1v) is 8.04. The summed E-state index contributed by atoms with van der Waals surface area (Å²) in [5.41, 5.74) is 5.82. The highest BCUT2D eigenvalue weighted by atomic mass is 35.5. The van der Waals surface area contributed by atoms with Crippen molar-refractivity contribution in [1.82, 2.24) is 4.90 Å². The topological polar surface area (TPSA) is 55.6 Å². The summed E-state index contributed by atoms with van der Waals surface area (Å²) in [6.45, 7) is 3.12. The van der Waals surface area contributed by atoms with Gasteiger partial charge in [-0.15, -0.1) is 11.3 Å². The Morgan fingerprint density at radius 2 is 2.40 bits per heavy atom. The number of ether oxygens (including phenoxy) is 1. The molecular formula is C14H21ClN2O2S. The molecule has 1 amide bonds. The number of carbonyl (C=O) groups is 1. The second kappa shape index (κ2) is 6.89. The Kier molecular flexibility index (Phi) is 5.43. The third-order valence-electron chi connectivity index (χ3n) is 3.95. The van der Waals surface area contributed by atoms with E-state index in [0.717, 1.165) is 17.7 Å². The molecule has 3 atom stereocenters. The van der Waals surface area contributed by atoms with Crippen molar-refractivity contribution in [3.63, 3.8) is 0 Å². The molecule has 0 saturated carbocycles. The Morgan fingerprint density at radius 1 is 1.65 bits per heavy atom. The molecule has 20 heavy (non-hydrogen) atoms. The minimum atomic E-state index is -0.166. The molecule has 1 saturated heterocycles. The highest BCUT2D eigenvalue weighted by Gasteiger charge is 2.33.